The van der Waals surface area contributed by atoms with Crippen molar-refractivity contribution < 1.29 is 44.7 Å². The van der Waals surface area contributed by atoms with Gasteiger partial charge in [-0.15, -0.1) is 0 Å². The summed E-state index contributed by atoms with van der Waals surface area (Å²) < 4.78 is 5.69. The second kappa shape index (κ2) is 16.5. The lowest BCUT2D eigenvalue weighted by Crippen LogP contribution is -2.63. The van der Waals surface area contributed by atoms with E-state index in [0.29, 0.717) is 90.3 Å². The van der Waals surface area contributed by atoms with Crippen LogP contribution in [0.15, 0.2) is 11.6 Å². The number of hydrogen-bond acceptors (Lipinski definition) is 10. The molecule has 14 atom stereocenters. The number of nitrogens with one attached hydrogen (secondary N) is 1. The van der Waals surface area contributed by atoms with Gasteiger partial charge in [0.2, 0.25) is 0 Å². The van der Waals surface area contributed by atoms with Crippen LogP contribution in [0.2, 0.25) is 0 Å². The molecule has 0 aromatic carbocycles. The minimum Gasteiger partial charge on any atom is -0.459 e. The van der Waals surface area contributed by atoms with Gasteiger partial charge in [-0.3, -0.25) is 19.3 Å². The molecular formula is C41H68N2O9. The summed E-state index contributed by atoms with van der Waals surface area (Å²) >= 11 is 0. The molecule has 0 radical (unpaired) electrons. The van der Waals surface area contributed by atoms with Gasteiger partial charge in [-0.25, -0.2) is 0 Å². The number of nitrogens with zero attached hydrogens (tertiary/aromatic N) is 1. The largest absolute Gasteiger partial charge is 0.459 e. The van der Waals surface area contributed by atoms with Gasteiger partial charge in [0.25, 0.3) is 5.91 Å². The van der Waals surface area contributed by atoms with E-state index in [2.05, 4.69) is 23.2 Å². The number of amides is 1. The van der Waals surface area contributed by atoms with E-state index in [9.17, 15) is 39.9 Å². The number of Topliss-reactive ketones (excluding diaryl/α,β-unsaturated/α-hetero) is 1. The van der Waals surface area contributed by atoms with Crippen molar-refractivity contribution >= 4 is 17.7 Å². The van der Waals surface area contributed by atoms with Gasteiger partial charge in [0, 0.05) is 37.4 Å². The first-order valence-electron chi connectivity index (χ1n) is 20.4. The van der Waals surface area contributed by atoms with Gasteiger partial charge in [0.05, 0.1) is 24.2 Å². The number of carbonyl (C=O) groups is 3. The Labute approximate surface area is 310 Å². The molecule has 0 aromatic rings. The molecule has 3 saturated carbocycles. The third kappa shape index (κ3) is 7.92. The van der Waals surface area contributed by atoms with Crippen LogP contribution in [0, 0.1) is 40.4 Å². The fourth-order valence-electron chi connectivity index (χ4n) is 11.4. The average molecular weight is 733 g/mol. The molecule has 3 unspecified atom stereocenters. The molecule has 1 amide bonds. The number of carbonyl (C=O) groups excluding carboxylic acids is 3. The fourth-order valence-corrected chi connectivity index (χ4v) is 11.4. The van der Waals surface area contributed by atoms with E-state index < -0.39 is 65.4 Å². The molecule has 6 N–H and O–H groups in total. The van der Waals surface area contributed by atoms with E-state index in [1.54, 1.807) is 6.92 Å². The quantitative estimate of drug-likeness (QED) is 0.134. The smallest absolute Gasteiger partial charge is 0.309 e. The Bertz CT molecular complexity index is 1320. The third-order valence-electron chi connectivity index (χ3n) is 14.6. The van der Waals surface area contributed by atoms with Crippen LogP contribution < -0.4 is 5.32 Å². The highest BCUT2D eigenvalue weighted by molar-refractivity contribution is 5.86. The third-order valence-corrected chi connectivity index (χ3v) is 14.6. The molecule has 11 nitrogen and oxygen atoms in total. The first-order valence-corrected chi connectivity index (χ1v) is 20.4. The highest BCUT2D eigenvalue weighted by Gasteiger charge is 2.68. The molecule has 1 aliphatic heterocycles. The summed E-state index contributed by atoms with van der Waals surface area (Å²) in [5.41, 5.74) is -1.49. The molecule has 0 bridgehead atoms. The maximum atomic E-state index is 13.9. The van der Waals surface area contributed by atoms with Crippen LogP contribution in [0.5, 0.6) is 0 Å². The molecule has 5 aliphatic rings. The van der Waals surface area contributed by atoms with Crippen LogP contribution in [-0.4, -0.2) is 110 Å². The number of ether oxygens (including phenoxy) is 1. The van der Waals surface area contributed by atoms with E-state index in [1.165, 1.54) is 0 Å². The van der Waals surface area contributed by atoms with Crippen LogP contribution >= 0.6 is 0 Å². The van der Waals surface area contributed by atoms with Crippen molar-refractivity contribution in [1.82, 2.24) is 10.2 Å². The number of hydrogen-bond donors (Lipinski definition) is 6. The van der Waals surface area contributed by atoms with E-state index in [4.69, 9.17) is 4.74 Å². The van der Waals surface area contributed by atoms with Crippen molar-refractivity contribution in [2.75, 3.05) is 19.6 Å². The number of allylic oxidation sites excluding steroid dienone is 2. The number of aliphatic hydroxyl groups excluding tert-OH is 4. The minimum absolute atomic E-state index is 0.00550. The first kappa shape index (κ1) is 41.3. The van der Waals surface area contributed by atoms with Gasteiger partial charge < -0.3 is 35.6 Å². The molecule has 0 spiro atoms. The molecule has 4 aliphatic carbocycles. The van der Waals surface area contributed by atoms with Gasteiger partial charge in [0.15, 0.2) is 0 Å². The summed E-state index contributed by atoms with van der Waals surface area (Å²) in [7, 11) is 0. The van der Waals surface area contributed by atoms with Gasteiger partial charge in [0.1, 0.15) is 23.6 Å². The maximum Gasteiger partial charge on any atom is 0.309 e. The second-order valence-electron chi connectivity index (χ2n) is 18.0. The lowest BCUT2D eigenvalue weighted by atomic mass is 9.46. The summed E-state index contributed by atoms with van der Waals surface area (Å²) in [5.74, 6) is -0.632. The fraction of sp³-hybridized carbons (Fsp3) is 0.878. The number of esters is 1. The van der Waals surface area contributed by atoms with E-state index >= 15 is 0 Å². The van der Waals surface area contributed by atoms with Crippen LogP contribution in [0.3, 0.4) is 0 Å². The van der Waals surface area contributed by atoms with Crippen LogP contribution in [0.25, 0.3) is 0 Å². The number of rotatable bonds is 6. The van der Waals surface area contributed by atoms with Crippen LogP contribution in [-0.2, 0) is 19.1 Å². The predicted molar refractivity (Wildman–Crippen MR) is 197 cm³/mol. The van der Waals surface area contributed by atoms with Crippen molar-refractivity contribution in [3.63, 3.8) is 0 Å². The van der Waals surface area contributed by atoms with Crippen LogP contribution in [0.1, 0.15) is 125 Å². The highest BCUT2D eigenvalue weighted by atomic mass is 16.6. The van der Waals surface area contributed by atoms with Crippen molar-refractivity contribution in [3.05, 3.63) is 11.6 Å². The number of fused-ring (bicyclic) bond motifs is 5. The van der Waals surface area contributed by atoms with Crippen LogP contribution in [0.4, 0.5) is 0 Å². The lowest BCUT2D eigenvalue weighted by molar-refractivity contribution is -0.179. The Balaban J connectivity index is 1.23. The predicted octanol–water partition coefficient (Wildman–Crippen LogP) is 3.67. The zero-order valence-electron chi connectivity index (χ0n) is 32.6. The van der Waals surface area contributed by atoms with Crippen molar-refractivity contribution in [2.24, 2.45) is 40.4 Å². The molecule has 0 aromatic heterocycles. The lowest BCUT2D eigenvalue weighted by Gasteiger charge is -2.59. The standard InChI is InChI=1S/C41H68N2O9/c1-7-33-36(48)35(47)26(4)43(18-8-10-28(44)21-24(2)20-25(3)37(49)52-33)19-9-17-42-38(50)41(51)16-14-31-30-12-11-27-22-29(45)13-15-39(27,5)34(30)32(46)23-40(31,41)6/h11,24-26,28,30-36,44,46-48,51H,7-10,12-23H2,1-6H3,(H,42,50)/t24-,25+,26+,28+,30?,31?,32-,33+,34?,35+,36+,39-,40-,41-/m0/s1. The Morgan fingerprint density at radius 2 is 1.77 bits per heavy atom. The molecule has 1 heterocycles. The van der Waals surface area contributed by atoms with E-state index in [-0.39, 0.29) is 34.9 Å². The first-order chi connectivity index (χ1) is 24.5. The molecule has 5 rings (SSSR count). The van der Waals surface area contributed by atoms with E-state index in [0.717, 1.165) is 18.4 Å². The summed E-state index contributed by atoms with van der Waals surface area (Å²) in [4.78, 5) is 41.1. The second-order valence-corrected chi connectivity index (χ2v) is 18.0. The molecule has 52 heavy (non-hydrogen) atoms. The summed E-state index contributed by atoms with van der Waals surface area (Å²) in [6.45, 7) is 13.0. The Kier molecular flexibility index (Phi) is 13.1. The van der Waals surface area contributed by atoms with Crippen molar-refractivity contribution in [1.29, 1.82) is 0 Å². The SMILES string of the molecule is CC[C@H]1OC(=O)[C@H](C)C[C@H](C)C[C@H](O)CCCN(CCCNC(=O)[C@@]2(O)CCC3C4CC=C5CC(=O)CC[C@]5(C)C4[C@@H](O)C[C@@]32C)[C@H](C)[C@@H](O)[C@@H]1O. The monoisotopic (exact) mass is 732 g/mol. The minimum atomic E-state index is -1.62. The molecular weight excluding hydrogens is 664 g/mol. The number of ketones is 1. The Morgan fingerprint density at radius 3 is 2.48 bits per heavy atom. The van der Waals surface area contributed by atoms with Gasteiger partial charge >= 0.3 is 5.97 Å². The Hall–Kier alpha value is -1.89. The van der Waals surface area contributed by atoms with E-state index in [1.807, 2.05) is 27.7 Å². The normalized spacial score (nSPS) is 45.4. The summed E-state index contributed by atoms with van der Waals surface area (Å²) in [6.07, 6.45) is 4.78. The molecule has 296 valence electrons. The zero-order valence-corrected chi connectivity index (χ0v) is 32.6. The summed E-state index contributed by atoms with van der Waals surface area (Å²) in [6, 6.07) is -0.498. The van der Waals surface area contributed by atoms with Gasteiger partial charge in [-0.1, -0.05) is 46.3 Å². The maximum absolute atomic E-state index is 13.9. The molecule has 1 saturated heterocycles. The number of cyclic esters (lactones) is 1. The summed E-state index contributed by atoms with van der Waals surface area (Å²) in [5, 5.41) is 60.1. The molecule has 4 fully saturated rings. The van der Waals surface area contributed by atoms with Crippen molar-refractivity contribution in [2.45, 2.75) is 167 Å². The zero-order chi connectivity index (χ0) is 38.2. The van der Waals surface area contributed by atoms with Gasteiger partial charge in [-0.2, -0.15) is 0 Å². The Morgan fingerprint density at radius 1 is 1.04 bits per heavy atom. The van der Waals surface area contributed by atoms with Gasteiger partial charge in [-0.05, 0) is 113 Å². The average Bonchev–Trinajstić information content (AvgIpc) is 3.36. The topological polar surface area (TPSA) is 177 Å². The number of aliphatic hydroxyl groups is 5. The highest BCUT2D eigenvalue weighted by Crippen LogP contribution is 2.67. The van der Waals surface area contributed by atoms with Crippen molar-refractivity contribution in [3.8, 4) is 0 Å². The molecule has 11 heteroatoms.